The number of amides is 2. The maximum Gasteiger partial charge on any atom is 0.338 e. The molecule has 0 unspecified atom stereocenters. The van der Waals surface area contributed by atoms with Crippen molar-refractivity contribution in [2.45, 2.75) is 31.8 Å². The van der Waals surface area contributed by atoms with Gasteiger partial charge in [0.25, 0.3) is 0 Å². The minimum Gasteiger partial charge on any atom is -0.467 e. The quantitative estimate of drug-likeness (QED) is 0.603. The molecule has 136 valence electrons. The van der Waals surface area contributed by atoms with Crippen LogP contribution in [0.1, 0.15) is 31.6 Å². The Hall–Kier alpha value is -2.32. The van der Waals surface area contributed by atoms with E-state index in [0.717, 1.165) is 12.8 Å². The summed E-state index contributed by atoms with van der Waals surface area (Å²) in [5.41, 5.74) is 0.823. The minimum absolute atomic E-state index is 0.0202. The number of rotatable bonds is 8. The third kappa shape index (κ3) is 4.02. The van der Waals surface area contributed by atoms with Crippen LogP contribution in [0, 0.1) is 0 Å². The predicted octanol–water partition coefficient (Wildman–Crippen LogP) is 0.907. The summed E-state index contributed by atoms with van der Waals surface area (Å²) in [5, 5.41) is 14.7. The normalized spacial score (nSPS) is 20.4. The van der Waals surface area contributed by atoms with Crippen LogP contribution in [0.4, 0.5) is 4.79 Å². The van der Waals surface area contributed by atoms with E-state index in [-0.39, 0.29) is 13.2 Å². The molecule has 1 atom stereocenters. The van der Waals surface area contributed by atoms with Gasteiger partial charge in [0.05, 0.1) is 25.1 Å². The molecule has 8 heteroatoms. The number of carbonyl (C=O) groups is 2. The van der Waals surface area contributed by atoms with Crippen molar-refractivity contribution >= 4 is 12.0 Å². The Bertz CT molecular complexity index is 651. The zero-order valence-electron chi connectivity index (χ0n) is 14.2. The van der Waals surface area contributed by atoms with E-state index < -0.39 is 18.0 Å². The first-order valence-corrected chi connectivity index (χ1v) is 8.50. The van der Waals surface area contributed by atoms with Crippen molar-refractivity contribution in [2.75, 3.05) is 26.3 Å². The Morgan fingerprint density at radius 1 is 1.48 bits per heavy atom. The Morgan fingerprint density at radius 2 is 2.28 bits per heavy atom. The van der Waals surface area contributed by atoms with Crippen LogP contribution in [0.5, 0.6) is 0 Å². The molecule has 2 amide bonds. The molecule has 0 aromatic carbocycles. The number of nitrogens with zero attached hydrogens (tertiary/aromatic N) is 1. The summed E-state index contributed by atoms with van der Waals surface area (Å²) in [4.78, 5) is 26.7. The minimum atomic E-state index is -0.701. The highest BCUT2D eigenvalue weighted by molar-refractivity contribution is 5.95. The van der Waals surface area contributed by atoms with Gasteiger partial charge < -0.3 is 24.9 Å². The third-order valence-corrected chi connectivity index (χ3v) is 4.29. The van der Waals surface area contributed by atoms with Crippen LogP contribution in [-0.2, 0) is 9.53 Å². The third-order valence-electron chi connectivity index (χ3n) is 4.29. The van der Waals surface area contributed by atoms with Gasteiger partial charge in [-0.2, -0.15) is 0 Å². The number of nitrogens with one attached hydrogen (secondary N) is 2. The second-order valence-corrected chi connectivity index (χ2v) is 6.08. The number of hydrogen-bond acceptors (Lipinski definition) is 6. The van der Waals surface area contributed by atoms with Gasteiger partial charge in [-0.25, -0.2) is 9.59 Å². The summed E-state index contributed by atoms with van der Waals surface area (Å²) in [7, 11) is 0. The molecule has 0 spiro atoms. The van der Waals surface area contributed by atoms with E-state index in [1.54, 1.807) is 19.1 Å². The van der Waals surface area contributed by atoms with Crippen LogP contribution < -0.4 is 10.6 Å². The number of aliphatic hydroxyl groups is 1. The Balaban J connectivity index is 1.95. The van der Waals surface area contributed by atoms with Crippen molar-refractivity contribution < 1.29 is 23.8 Å². The topological polar surface area (TPSA) is 104 Å². The summed E-state index contributed by atoms with van der Waals surface area (Å²) in [6.07, 6.45) is 3.60. The first kappa shape index (κ1) is 17.5. The average Bonchev–Trinajstić information content (AvgIpc) is 3.28. The van der Waals surface area contributed by atoms with Crippen LogP contribution in [0.25, 0.3) is 0 Å². The smallest absolute Gasteiger partial charge is 0.338 e. The molecule has 1 saturated carbocycles. The van der Waals surface area contributed by atoms with Gasteiger partial charge in [0, 0.05) is 24.8 Å². The van der Waals surface area contributed by atoms with Crippen LogP contribution >= 0.6 is 0 Å². The SMILES string of the molecule is CCOC(=O)C1=C(CN(CCO)C2CC2)NC(=O)N[C@H]1c1ccco1. The Kier molecular flexibility index (Phi) is 5.40. The molecule has 3 N–H and O–H groups in total. The number of carbonyl (C=O) groups excluding carboxylic acids is 2. The molecule has 1 aliphatic carbocycles. The Labute approximate surface area is 145 Å². The monoisotopic (exact) mass is 349 g/mol. The average molecular weight is 349 g/mol. The molecule has 8 nitrogen and oxygen atoms in total. The van der Waals surface area contributed by atoms with Crippen molar-refractivity contribution in [2.24, 2.45) is 0 Å². The lowest BCUT2D eigenvalue weighted by Crippen LogP contribution is -2.49. The fraction of sp³-hybridized carbons (Fsp3) is 0.529. The summed E-state index contributed by atoms with van der Waals surface area (Å²) in [5.74, 6) is -0.0262. The fourth-order valence-corrected chi connectivity index (χ4v) is 3.02. The van der Waals surface area contributed by atoms with Crippen molar-refractivity contribution in [3.63, 3.8) is 0 Å². The van der Waals surface area contributed by atoms with E-state index in [0.29, 0.717) is 36.2 Å². The lowest BCUT2D eigenvalue weighted by atomic mass is 10.00. The molecule has 0 bridgehead atoms. The predicted molar refractivity (Wildman–Crippen MR) is 88.5 cm³/mol. The largest absolute Gasteiger partial charge is 0.467 e. The van der Waals surface area contributed by atoms with Gasteiger partial charge in [-0.15, -0.1) is 0 Å². The number of ether oxygens (including phenoxy) is 1. The first-order chi connectivity index (χ1) is 12.1. The van der Waals surface area contributed by atoms with Crippen molar-refractivity contribution in [3.05, 3.63) is 35.4 Å². The van der Waals surface area contributed by atoms with E-state index >= 15 is 0 Å². The van der Waals surface area contributed by atoms with Crippen LogP contribution in [0.15, 0.2) is 34.1 Å². The molecule has 2 aliphatic rings. The zero-order chi connectivity index (χ0) is 17.8. The van der Waals surface area contributed by atoms with Crippen molar-refractivity contribution in [1.29, 1.82) is 0 Å². The summed E-state index contributed by atoms with van der Waals surface area (Å²) < 4.78 is 10.6. The van der Waals surface area contributed by atoms with E-state index in [1.165, 1.54) is 6.26 Å². The highest BCUT2D eigenvalue weighted by Crippen LogP contribution is 2.31. The molecule has 1 aromatic heterocycles. The first-order valence-electron chi connectivity index (χ1n) is 8.50. The lowest BCUT2D eigenvalue weighted by Gasteiger charge is -2.31. The van der Waals surface area contributed by atoms with Gasteiger partial charge in [0.2, 0.25) is 0 Å². The summed E-state index contributed by atoms with van der Waals surface area (Å²) in [6, 6.07) is 2.68. The van der Waals surface area contributed by atoms with E-state index in [2.05, 4.69) is 15.5 Å². The number of furan rings is 1. The van der Waals surface area contributed by atoms with Crippen molar-refractivity contribution in [1.82, 2.24) is 15.5 Å². The Morgan fingerprint density at radius 3 is 2.88 bits per heavy atom. The van der Waals surface area contributed by atoms with Gasteiger partial charge in [-0.3, -0.25) is 4.90 Å². The van der Waals surface area contributed by atoms with Crippen LogP contribution in [0.2, 0.25) is 0 Å². The van der Waals surface area contributed by atoms with Gasteiger partial charge in [0.1, 0.15) is 11.8 Å². The van der Waals surface area contributed by atoms with Crippen molar-refractivity contribution in [3.8, 4) is 0 Å². The molecule has 1 aliphatic heterocycles. The molecule has 0 radical (unpaired) electrons. The molecule has 1 fully saturated rings. The van der Waals surface area contributed by atoms with Crippen LogP contribution in [-0.4, -0.2) is 54.4 Å². The van der Waals surface area contributed by atoms with E-state index in [9.17, 15) is 14.7 Å². The second-order valence-electron chi connectivity index (χ2n) is 6.08. The van der Waals surface area contributed by atoms with Gasteiger partial charge in [-0.05, 0) is 31.9 Å². The molecule has 2 heterocycles. The maximum atomic E-state index is 12.6. The number of hydrogen-bond donors (Lipinski definition) is 3. The fourth-order valence-electron chi connectivity index (χ4n) is 3.02. The highest BCUT2D eigenvalue weighted by Gasteiger charge is 2.37. The number of aliphatic hydroxyl groups excluding tert-OH is 1. The molecular weight excluding hydrogens is 326 g/mol. The lowest BCUT2D eigenvalue weighted by molar-refractivity contribution is -0.139. The maximum absolute atomic E-state index is 12.6. The molecular formula is C17H23N3O5. The standard InChI is InChI=1S/C17H23N3O5/c1-2-24-16(22)14-12(10-20(7-8-21)11-5-6-11)18-17(23)19-15(14)13-4-3-9-25-13/h3-4,9,11,15,21H,2,5-8,10H2,1H3,(H2,18,19,23)/t15-/m0/s1. The molecule has 25 heavy (non-hydrogen) atoms. The van der Waals surface area contributed by atoms with Gasteiger partial charge in [-0.1, -0.05) is 0 Å². The van der Waals surface area contributed by atoms with Gasteiger partial charge >= 0.3 is 12.0 Å². The molecule has 1 aromatic rings. The molecule has 3 rings (SSSR count). The number of urea groups is 1. The van der Waals surface area contributed by atoms with E-state index in [4.69, 9.17) is 9.15 Å². The molecule has 0 saturated heterocycles. The summed E-state index contributed by atoms with van der Waals surface area (Å²) in [6.45, 7) is 2.84. The number of esters is 1. The zero-order valence-corrected chi connectivity index (χ0v) is 14.2. The van der Waals surface area contributed by atoms with E-state index in [1.807, 2.05) is 0 Å². The second kappa shape index (κ2) is 7.71. The van der Waals surface area contributed by atoms with Gasteiger partial charge in [0.15, 0.2) is 0 Å². The summed E-state index contributed by atoms with van der Waals surface area (Å²) >= 11 is 0. The highest BCUT2D eigenvalue weighted by atomic mass is 16.5. The van der Waals surface area contributed by atoms with Crippen LogP contribution in [0.3, 0.4) is 0 Å².